The predicted octanol–water partition coefficient (Wildman–Crippen LogP) is 3.14. The molecule has 0 amide bonds. The maximum absolute atomic E-state index is 10.7. The minimum absolute atomic E-state index is 0.384. The monoisotopic (exact) mass is 194 g/mol. The van der Waals surface area contributed by atoms with Crippen molar-refractivity contribution in [1.82, 2.24) is 0 Å². The van der Waals surface area contributed by atoms with Gasteiger partial charge >= 0.3 is 0 Å². The summed E-state index contributed by atoms with van der Waals surface area (Å²) >= 11 is 0. The zero-order valence-electron chi connectivity index (χ0n) is 9.42. The molecule has 2 aliphatic rings. The van der Waals surface area contributed by atoms with Gasteiger partial charge in [0, 0.05) is 5.92 Å². The van der Waals surface area contributed by atoms with Crippen molar-refractivity contribution in [2.24, 2.45) is 17.8 Å². The first-order valence-electron chi connectivity index (χ1n) is 5.96. The quantitative estimate of drug-likeness (QED) is 0.587. The second-order valence-corrected chi connectivity index (χ2v) is 5.40. The summed E-state index contributed by atoms with van der Waals surface area (Å²) in [7, 11) is 0. The number of hydrogen-bond donors (Lipinski definition) is 1. The van der Waals surface area contributed by atoms with Crippen LogP contribution in [0.25, 0.3) is 0 Å². The first-order valence-corrected chi connectivity index (χ1v) is 5.96. The fourth-order valence-corrected chi connectivity index (χ4v) is 3.51. The molecule has 1 nitrogen and oxygen atoms in total. The van der Waals surface area contributed by atoms with Crippen LogP contribution in [0.1, 0.15) is 46.0 Å². The molecule has 1 N–H and O–H groups in total. The molecular formula is C13H22O. The lowest BCUT2D eigenvalue weighted by Gasteiger charge is -2.51. The summed E-state index contributed by atoms with van der Waals surface area (Å²) < 4.78 is 0. The van der Waals surface area contributed by atoms with Gasteiger partial charge in [0.25, 0.3) is 0 Å². The molecular weight excluding hydrogens is 172 g/mol. The summed E-state index contributed by atoms with van der Waals surface area (Å²) in [6.07, 6.45) is 5.73. The second-order valence-electron chi connectivity index (χ2n) is 5.40. The van der Waals surface area contributed by atoms with Crippen LogP contribution in [0.15, 0.2) is 12.2 Å². The number of fused-ring (bicyclic) bond motifs is 1. The molecule has 0 radical (unpaired) electrons. The van der Waals surface area contributed by atoms with E-state index in [1.807, 2.05) is 0 Å². The topological polar surface area (TPSA) is 20.2 Å². The highest BCUT2D eigenvalue weighted by Gasteiger charge is 2.48. The van der Waals surface area contributed by atoms with Crippen molar-refractivity contribution in [2.75, 3.05) is 0 Å². The van der Waals surface area contributed by atoms with E-state index in [-0.39, 0.29) is 0 Å². The number of hydrogen-bond acceptors (Lipinski definition) is 1. The molecule has 0 bridgehead atoms. The van der Waals surface area contributed by atoms with Gasteiger partial charge in [0.1, 0.15) is 0 Å². The summed E-state index contributed by atoms with van der Waals surface area (Å²) in [6.45, 7) is 8.67. The van der Waals surface area contributed by atoms with Crippen LogP contribution in [0.4, 0.5) is 0 Å². The third-order valence-electron chi connectivity index (χ3n) is 4.56. The maximum atomic E-state index is 10.7. The largest absolute Gasteiger partial charge is 0.389 e. The maximum Gasteiger partial charge on any atom is 0.0738 e. The van der Waals surface area contributed by atoms with Gasteiger partial charge in [-0.3, -0.25) is 0 Å². The highest BCUT2D eigenvalue weighted by molar-refractivity contribution is 5.18. The smallest absolute Gasteiger partial charge is 0.0738 e. The Morgan fingerprint density at radius 3 is 2.79 bits per heavy atom. The van der Waals surface area contributed by atoms with E-state index in [4.69, 9.17) is 0 Å². The van der Waals surface area contributed by atoms with E-state index < -0.39 is 5.60 Å². The highest BCUT2D eigenvalue weighted by atomic mass is 16.3. The number of aliphatic hydroxyl groups is 1. The van der Waals surface area contributed by atoms with Crippen molar-refractivity contribution in [3.05, 3.63) is 12.2 Å². The first-order chi connectivity index (χ1) is 6.55. The Bertz CT molecular complexity index is 246. The van der Waals surface area contributed by atoms with Crippen LogP contribution >= 0.6 is 0 Å². The minimum atomic E-state index is -0.415. The molecule has 2 rings (SSSR count). The van der Waals surface area contributed by atoms with Crippen molar-refractivity contribution in [3.63, 3.8) is 0 Å². The molecule has 0 heterocycles. The Hall–Kier alpha value is -0.300. The van der Waals surface area contributed by atoms with E-state index in [1.54, 1.807) is 0 Å². The van der Waals surface area contributed by atoms with E-state index >= 15 is 0 Å². The van der Waals surface area contributed by atoms with Crippen LogP contribution in [0.3, 0.4) is 0 Å². The van der Waals surface area contributed by atoms with Crippen LogP contribution in [0.5, 0.6) is 0 Å². The Balaban J connectivity index is 2.27. The fraction of sp³-hybridized carbons (Fsp3) is 0.846. The van der Waals surface area contributed by atoms with Crippen LogP contribution in [-0.4, -0.2) is 10.7 Å². The Labute approximate surface area is 87.2 Å². The molecule has 0 aromatic heterocycles. The average Bonchev–Trinajstić information content (AvgIpc) is 2.15. The van der Waals surface area contributed by atoms with E-state index in [9.17, 15) is 5.11 Å². The fourth-order valence-electron chi connectivity index (χ4n) is 3.51. The molecule has 4 atom stereocenters. The van der Waals surface area contributed by atoms with Crippen molar-refractivity contribution in [3.8, 4) is 0 Å². The zero-order valence-corrected chi connectivity index (χ0v) is 9.42. The van der Waals surface area contributed by atoms with Crippen molar-refractivity contribution in [2.45, 2.75) is 51.6 Å². The molecule has 2 aliphatic carbocycles. The molecule has 2 saturated carbocycles. The molecule has 0 saturated heterocycles. The van der Waals surface area contributed by atoms with Crippen LogP contribution in [0, 0.1) is 17.8 Å². The van der Waals surface area contributed by atoms with Gasteiger partial charge in [0.05, 0.1) is 5.60 Å². The standard InChI is InChI=1S/C13H22O/c1-9-8-10(2)13(14)7-5-4-6-12(13)11(9)3/h9-10,12,14H,3-8H2,1-2H3/t9-,10-,12-,13+/m1/s1. The summed E-state index contributed by atoms with van der Waals surface area (Å²) in [5.74, 6) is 1.44. The van der Waals surface area contributed by atoms with E-state index in [0.717, 1.165) is 19.3 Å². The summed E-state index contributed by atoms with van der Waals surface area (Å²) in [5, 5.41) is 10.7. The van der Waals surface area contributed by atoms with Crippen molar-refractivity contribution in [1.29, 1.82) is 0 Å². The lowest BCUT2D eigenvalue weighted by atomic mass is 9.58. The molecule has 80 valence electrons. The minimum Gasteiger partial charge on any atom is -0.389 e. The predicted molar refractivity (Wildman–Crippen MR) is 59.0 cm³/mol. The highest BCUT2D eigenvalue weighted by Crippen LogP contribution is 2.50. The molecule has 2 fully saturated rings. The molecule has 0 aromatic carbocycles. The Morgan fingerprint density at radius 1 is 1.36 bits per heavy atom. The van der Waals surface area contributed by atoms with Gasteiger partial charge in [0.2, 0.25) is 0 Å². The van der Waals surface area contributed by atoms with Crippen LogP contribution in [-0.2, 0) is 0 Å². The van der Waals surface area contributed by atoms with Crippen molar-refractivity contribution >= 4 is 0 Å². The van der Waals surface area contributed by atoms with Gasteiger partial charge in [-0.05, 0) is 31.1 Å². The molecule has 1 heteroatoms. The lowest BCUT2D eigenvalue weighted by molar-refractivity contribution is -0.0992. The first kappa shape index (κ1) is 10.2. The van der Waals surface area contributed by atoms with Crippen molar-refractivity contribution < 1.29 is 5.11 Å². The van der Waals surface area contributed by atoms with E-state index in [1.165, 1.54) is 18.4 Å². The SMILES string of the molecule is C=C1[C@H](C)C[C@@H](C)[C@@]2(O)CCCC[C@H]12. The van der Waals surface area contributed by atoms with Gasteiger partial charge < -0.3 is 5.11 Å². The molecule has 0 aliphatic heterocycles. The average molecular weight is 194 g/mol. The molecule has 14 heavy (non-hydrogen) atoms. The molecule has 0 spiro atoms. The second kappa shape index (κ2) is 3.37. The summed E-state index contributed by atoms with van der Waals surface area (Å²) in [4.78, 5) is 0. The Kier molecular flexibility index (Phi) is 2.46. The van der Waals surface area contributed by atoms with Gasteiger partial charge in [-0.15, -0.1) is 0 Å². The molecule has 0 aromatic rings. The zero-order chi connectivity index (χ0) is 10.3. The normalized spacial score (nSPS) is 48.8. The number of rotatable bonds is 0. The van der Waals surface area contributed by atoms with E-state index in [0.29, 0.717) is 17.8 Å². The summed E-state index contributed by atoms with van der Waals surface area (Å²) in [6, 6.07) is 0. The third-order valence-corrected chi connectivity index (χ3v) is 4.56. The van der Waals surface area contributed by atoms with Crippen LogP contribution in [0.2, 0.25) is 0 Å². The molecule has 0 unspecified atom stereocenters. The van der Waals surface area contributed by atoms with Gasteiger partial charge in [-0.25, -0.2) is 0 Å². The summed E-state index contributed by atoms with van der Waals surface area (Å²) in [5.41, 5.74) is 0.896. The van der Waals surface area contributed by atoms with Crippen LogP contribution < -0.4 is 0 Å². The third kappa shape index (κ3) is 1.33. The lowest BCUT2D eigenvalue weighted by Crippen LogP contribution is -2.51. The van der Waals surface area contributed by atoms with E-state index in [2.05, 4.69) is 20.4 Å². The van der Waals surface area contributed by atoms with Gasteiger partial charge in [-0.1, -0.05) is 38.8 Å². The van der Waals surface area contributed by atoms with Gasteiger partial charge in [0.15, 0.2) is 0 Å². The Morgan fingerprint density at radius 2 is 2.07 bits per heavy atom. The van der Waals surface area contributed by atoms with Gasteiger partial charge in [-0.2, -0.15) is 0 Å².